The summed E-state index contributed by atoms with van der Waals surface area (Å²) in [5.74, 6) is 0. The molecule has 1 atom stereocenters. The summed E-state index contributed by atoms with van der Waals surface area (Å²) in [4.78, 5) is 0. The van der Waals surface area contributed by atoms with Crippen molar-refractivity contribution in [2.75, 3.05) is 11.9 Å². The van der Waals surface area contributed by atoms with Gasteiger partial charge in [-0.15, -0.1) is 0 Å². The van der Waals surface area contributed by atoms with Gasteiger partial charge in [0.1, 0.15) is 0 Å². The molecule has 0 saturated heterocycles. The predicted octanol–water partition coefficient (Wildman–Crippen LogP) is 3.87. The van der Waals surface area contributed by atoms with Crippen LogP contribution in [0.1, 0.15) is 17.2 Å². The molecule has 18 heavy (non-hydrogen) atoms. The van der Waals surface area contributed by atoms with E-state index in [2.05, 4.69) is 46.4 Å². The molecule has 0 aliphatic heterocycles. The van der Waals surface area contributed by atoms with E-state index in [-0.39, 0.29) is 6.04 Å². The molecule has 0 heterocycles. The molecular weight excluding hydrogens is 288 g/mol. The zero-order valence-corrected chi connectivity index (χ0v) is 11.9. The van der Waals surface area contributed by atoms with Crippen LogP contribution in [0.15, 0.2) is 53.0 Å². The third-order valence-electron chi connectivity index (χ3n) is 2.95. The second kappa shape index (κ2) is 6.03. The summed E-state index contributed by atoms with van der Waals surface area (Å²) < 4.78 is 1.12. The van der Waals surface area contributed by atoms with Crippen LogP contribution in [0.4, 0.5) is 5.69 Å². The zero-order valence-electron chi connectivity index (χ0n) is 10.4. The number of rotatable bonds is 4. The first-order chi connectivity index (χ1) is 8.70. The lowest BCUT2D eigenvalue weighted by atomic mass is 10.0. The number of aryl methyl sites for hydroxylation is 1. The fraction of sp³-hybridized carbons (Fsp3) is 0.200. The molecule has 3 N–H and O–H groups in total. The number of para-hydroxylation sites is 1. The van der Waals surface area contributed by atoms with Gasteiger partial charge < -0.3 is 11.1 Å². The van der Waals surface area contributed by atoms with Crippen molar-refractivity contribution in [3.63, 3.8) is 0 Å². The Morgan fingerprint density at radius 3 is 2.50 bits per heavy atom. The highest BCUT2D eigenvalue weighted by Gasteiger charge is 2.10. The zero-order chi connectivity index (χ0) is 13.0. The second-order valence-corrected chi connectivity index (χ2v) is 5.16. The minimum absolute atomic E-state index is 0.129. The quantitative estimate of drug-likeness (QED) is 0.900. The van der Waals surface area contributed by atoms with Crippen molar-refractivity contribution < 1.29 is 0 Å². The number of anilines is 1. The summed E-state index contributed by atoms with van der Waals surface area (Å²) in [6, 6.07) is 16.6. The number of benzene rings is 2. The maximum atomic E-state index is 5.86. The van der Waals surface area contributed by atoms with Gasteiger partial charge in [-0.25, -0.2) is 0 Å². The van der Waals surface area contributed by atoms with Gasteiger partial charge in [0.05, 0.1) is 6.04 Å². The molecule has 0 bridgehead atoms. The predicted molar refractivity (Wildman–Crippen MR) is 80.7 cm³/mol. The van der Waals surface area contributed by atoms with E-state index >= 15 is 0 Å². The van der Waals surface area contributed by atoms with Gasteiger partial charge in [0.2, 0.25) is 0 Å². The van der Waals surface area contributed by atoms with Crippen molar-refractivity contribution in [3.05, 3.63) is 64.1 Å². The lowest BCUT2D eigenvalue weighted by Gasteiger charge is -2.19. The highest BCUT2D eigenvalue weighted by molar-refractivity contribution is 9.10. The number of hydrogen-bond donors (Lipinski definition) is 2. The van der Waals surface area contributed by atoms with E-state index in [1.807, 2.05) is 30.3 Å². The molecule has 0 aliphatic carbocycles. The van der Waals surface area contributed by atoms with E-state index in [1.54, 1.807) is 0 Å². The van der Waals surface area contributed by atoms with E-state index in [4.69, 9.17) is 5.73 Å². The van der Waals surface area contributed by atoms with Crippen molar-refractivity contribution >= 4 is 21.6 Å². The molecule has 2 nitrogen and oxygen atoms in total. The van der Waals surface area contributed by atoms with E-state index in [9.17, 15) is 0 Å². The Balaban J connectivity index is 2.20. The van der Waals surface area contributed by atoms with Gasteiger partial charge in [0.15, 0.2) is 0 Å². The molecule has 0 saturated carbocycles. The fourth-order valence-corrected chi connectivity index (χ4v) is 2.24. The average Bonchev–Trinajstić information content (AvgIpc) is 2.40. The molecular formula is C15H17BrN2. The molecule has 2 rings (SSSR count). The smallest absolute Gasteiger partial charge is 0.0636 e. The van der Waals surface area contributed by atoms with Gasteiger partial charge in [-0.2, -0.15) is 0 Å². The van der Waals surface area contributed by atoms with Crippen molar-refractivity contribution in [2.45, 2.75) is 13.0 Å². The fourth-order valence-electron chi connectivity index (χ4n) is 1.84. The van der Waals surface area contributed by atoms with Crippen LogP contribution >= 0.6 is 15.9 Å². The van der Waals surface area contributed by atoms with Crippen molar-refractivity contribution in [2.24, 2.45) is 5.73 Å². The first-order valence-corrected chi connectivity index (χ1v) is 6.77. The number of hydrogen-bond acceptors (Lipinski definition) is 2. The van der Waals surface area contributed by atoms with Crippen LogP contribution in [0.5, 0.6) is 0 Å². The molecule has 0 radical (unpaired) electrons. The van der Waals surface area contributed by atoms with Gasteiger partial charge in [-0.05, 0) is 36.2 Å². The van der Waals surface area contributed by atoms with Crippen LogP contribution in [0.3, 0.4) is 0 Å². The van der Waals surface area contributed by atoms with Crippen LogP contribution in [0.25, 0.3) is 0 Å². The molecule has 3 heteroatoms. The topological polar surface area (TPSA) is 38.0 Å². The molecule has 2 aromatic carbocycles. The summed E-state index contributed by atoms with van der Waals surface area (Å²) in [5, 5.41) is 3.45. The third-order valence-corrected chi connectivity index (χ3v) is 3.80. The first-order valence-electron chi connectivity index (χ1n) is 5.98. The Bertz CT molecular complexity index is 511. The van der Waals surface area contributed by atoms with E-state index in [0.29, 0.717) is 6.54 Å². The van der Waals surface area contributed by atoms with Crippen molar-refractivity contribution in [1.29, 1.82) is 0 Å². The van der Waals surface area contributed by atoms with Gasteiger partial charge in [0, 0.05) is 16.7 Å². The lowest BCUT2D eigenvalue weighted by molar-refractivity contribution is 0.789. The van der Waals surface area contributed by atoms with Crippen LogP contribution in [-0.2, 0) is 0 Å². The van der Waals surface area contributed by atoms with Gasteiger partial charge in [-0.3, -0.25) is 0 Å². The van der Waals surface area contributed by atoms with Gasteiger partial charge in [0.25, 0.3) is 0 Å². The Morgan fingerprint density at radius 2 is 1.89 bits per heavy atom. The molecule has 0 fully saturated rings. The normalized spacial score (nSPS) is 12.2. The largest absolute Gasteiger partial charge is 0.377 e. The molecule has 0 aromatic heterocycles. The maximum absolute atomic E-state index is 5.86. The van der Waals surface area contributed by atoms with Crippen molar-refractivity contribution in [3.8, 4) is 0 Å². The second-order valence-electron chi connectivity index (χ2n) is 4.31. The minimum atomic E-state index is 0.129. The Morgan fingerprint density at radius 1 is 1.17 bits per heavy atom. The Kier molecular flexibility index (Phi) is 4.39. The number of halogens is 1. The standard InChI is InChI=1S/C15H17BrN2/c1-11-7-8-12(9-14(11)16)15(10-17)18-13-5-3-2-4-6-13/h2-9,15,18H,10,17H2,1H3. The summed E-state index contributed by atoms with van der Waals surface area (Å²) >= 11 is 3.56. The molecule has 2 aromatic rings. The highest BCUT2D eigenvalue weighted by Crippen LogP contribution is 2.24. The van der Waals surface area contributed by atoms with E-state index in [0.717, 1.165) is 10.2 Å². The number of nitrogens with one attached hydrogen (secondary N) is 1. The highest BCUT2D eigenvalue weighted by atomic mass is 79.9. The molecule has 94 valence electrons. The SMILES string of the molecule is Cc1ccc(C(CN)Nc2ccccc2)cc1Br. The molecule has 0 aliphatic rings. The van der Waals surface area contributed by atoms with Crippen LogP contribution in [-0.4, -0.2) is 6.54 Å². The summed E-state index contributed by atoms with van der Waals surface area (Å²) in [7, 11) is 0. The van der Waals surface area contributed by atoms with Crippen LogP contribution in [0.2, 0.25) is 0 Å². The molecule has 0 spiro atoms. The summed E-state index contributed by atoms with van der Waals surface area (Å²) in [6.07, 6.45) is 0. The van der Waals surface area contributed by atoms with Gasteiger partial charge >= 0.3 is 0 Å². The number of nitrogens with two attached hydrogens (primary N) is 1. The van der Waals surface area contributed by atoms with Crippen molar-refractivity contribution in [1.82, 2.24) is 0 Å². The third kappa shape index (κ3) is 3.12. The maximum Gasteiger partial charge on any atom is 0.0636 e. The van der Waals surface area contributed by atoms with Crippen LogP contribution < -0.4 is 11.1 Å². The Labute approximate surface area is 116 Å². The monoisotopic (exact) mass is 304 g/mol. The van der Waals surface area contributed by atoms with E-state index < -0.39 is 0 Å². The molecule has 0 amide bonds. The van der Waals surface area contributed by atoms with Crippen LogP contribution in [0, 0.1) is 6.92 Å². The summed E-state index contributed by atoms with van der Waals surface area (Å²) in [6.45, 7) is 2.64. The van der Waals surface area contributed by atoms with E-state index in [1.165, 1.54) is 11.1 Å². The Hall–Kier alpha value is -1.32. The molecule has 1 unspecified atom stereocenters. The summed E-state index contributed by atoms with van der Waals surface area (Å²) in [5.41, 5.74) is 9.37. The lowest BCUT2D eigenvalue weighted by Crippen LogP contribution is -2.20. The average molecular weight is 305 g/mol. The minimum Gasteiger partial charge on any atom is -0.377 e. The van der Waals surface area contributed by atoms with Gasteiger partial charge in [-0.1, -0.05) is 46.3 Å². The first kappa shape index (κ1) is 13.1.